The molecular formula is C17H28N2O. The Balaban J connectivity index is 2.01. The fourth-order valence-electron chi connectivity index (χ4n) is 3.18. The Morgan fingerprint density at radius 1 is 1.40 bits per heavy atom. The van der Waals surface area contributed by atoms with Crippen LogP contribution in [0, 0.1) is 5.92 Å². The summed E-state index contributed by atoms with van der Waals surface area (Å²) in [6.07, 6.45) is 2.31. The van der Waals surface area contributed by atoms with Crippen molar-refractivity contribution in [1.82, 2.24) is 10.2 Å². The quantitative estimate of drug-likeness (QED) is 0.894. The van der Waals surface area contributed by atoms with Gasteiger partial charge < -0.3 is 10.1 Å². The summed E-state index contributed by atoms with van der Waals surface area (Å²) in [5, 5.41) is 3.52. The van der Waals surface area contributed by atoms with E-state index in [9.17, 15) is 0 Å². The molecule has 3 atom stereocenters. The topological polar surface area (TPSA) is 24.5 Å². The number of ether oxygens (including phenoxy) is 1. The van der Waals surface area contributed by atoms with Crippen molar-refractivity contribution < 1.29 is 4.74 Å². The molecule has 2 rings (SSSR count). The first-order valence-electron chi connectivity index (χ1n) is 7.68. The molecule has 1 N–H and O–H groups in total. The Bertz CT molecular complexity index is 421. The Labute approximate surface area is 123 Å². The minimum absolute atomic E-state index is 0.513. The number of rotatable bonds is 5. The third-order valence-corrected chi connectivity index (χ3v) is 4.71. The number of nitrogens with one attached hydrogen (secondary N) is 1. The van der Waals surface area contributed by atoms with Gasteiger partial charge in [-0.25, -0.2) is 0 Å². The minimum Gasteiger partial charge on any atom is -0.496 e. The summed E-state index contributed by atoms with van der Waals surface area (Å²) in [6, 6.07) is 9.49. The Hall–Kier alpha value is -1.06. The van der Waals surface area contributed by atoms with Crippen LogP contribution in [-0.2, 0) is 6.42 Å². The first kappa shape index (κ1) is 15.3. The van der Waals surface area contributed by atoms with Crippen molar-refractivity contribution in [2.24, 2.45) is 5.92 Å². The van der Waals surface area contributed by atoms with Gasteiger partial charge in [0.1, 0.15) is 5.75 Å². The van der Waals surface area contributed by atoms with E-state index in [1.165, 1.54) is 12.0 Å². The van der Waals surface area contributed by atoms with Gasteiger partial charge in [0.15, 0.2) is 0 Å². The lowest BCUT2D eigenvalue weighted by molar-refractivity contribution is 0.113. The second-order valence-electron chi connectivity index (χ2n) is 6.07. The van der Waals surface area contributed by atoms with Crippen molar-refractivity contribution in [2.45, 2.75) is 38.8 Å². The average molecular weight is 276 g/mol. The second kappa shape index (κ2) is 7.09. The normalized spacial score (nSPS) is 24.6. The van der Waals surface area contributed by atoms with Gasteiger partial charge in [0.25, 0.3) is 0 Å². The van der Waals surface area contributed by atoms with Crippen molar-refractivity contribution in [1.29, 1.82) is 0 Å². The number of piperidine rings is 1. The summed E-state index contributed by atoms with van der Waals surface area (Å²) < 4.78 is 5.46. The van der Waals surface area contributed by atoms with E-state index in [1.807, 2.05) is 12.1 Å². The number of hydrogen-bond donors (Lipinski definition) is 1. The van der Waals surface area contributed by atoms with Crippen molar-refractivity contribution in [2.75, 3.05) is 27.2 Å². The Morgan fingerprint density at radius 3 is 2.85 bits per heavy atom. The highest BCUT2D eigenvalue weighted by molar-refractivity contribution is 5.33. The van der Waals surface area contributed by atoms with Crippen LogP contribution < -0.4 is 10.1 Å². The van der Waals surface area contributed by atoms with Crippen LogP contribution in [0.15, 0.2) is 24.3 Å². The van der Waals surface area contributed by atoms with E-state index in [1.54, 1.807) is 7.11 Å². The number of benzene rings is 1. The SMILES string of the molecule is COc1ccccc1CC(C)N(C)C1CNCCC1C. The molecule has 1 saturated heterocycles. The Kier molecular flexibility index (Phi) is 5.44. The number of hydrogen-bond acceptors (Lipinski definition) is 3. The molecule has 0 amide bonds. The highest BCUT2D eigenvalue weighted by Crippen LogP contribution is 2.23. The summed E-state index contributed by atoms with van der Waals surface area (Å²) in [7, 11) is 4.01. The molecule has 1 aliphatic heterocycles. The van der Waals surface area contributed by atoms with Crippen LogP contribution in [0.3, 0.4) is 0 Å². The molecule has 1 aromatic carbocycles. The van der Waals surface area contributed by atoms with E-state index in [4.69, 9.17) is 4.74 Å². The van der Waals surface area contributed by atoms with Gasteiger partial charge >= 0.3 is 0 Å². The second-order valence-corrected chi connectivity index (χ2v) is 6.07. The lowest BCUT2D eigenvalue weighted by Gasteiger charge is -2.40. The predicted octanol–water partition coefficient (Wildman–Crippen LogP) is 2.56. The van der Waals surface area contributed by atoms with Gasteiger partial charge in [0.2, 0.25) is 0 Å². The molecular weight excluding hydrogens is 248 g/mol. The molecule has 0 radical (unpaired) electrons. The maximum Gasteiger partial charge on any atom is 0.122 e. The monoisotopic (exact) mass is 276 g/mol. The van der Waals surface area contributed by atoms with E-state index in [2.05, 4.69) is 43.2 Å². The van der Waals surface area contributed by atoms with Crippen molar-refractivity contribution in [3.63, 3.8) is 0 Å². The first-order valence-corrected chi connectivity index (χ1v) is 7.68. The van der Waals surface area contributed by atoms with Crippen molar-refractivity contribution in [3.05, 3.63) is 29.8 Å². The number of para-hydroxylation sites is 1. The smallest absolute Gasteiger partial charge is 0.122 e. The minimum atomic E-state index is 0.513. The van der Waals surface area contributed by atoms with Gasteiger partial charge in [0, 0.05) is 18.6 Å². The summed E-state index contributed by atoms with van der Waals surface area (Å²) in [5.41, 5.74) is 1.30. The first-order chi connectivity index (χ1) is 9.63. The summed E-state index contributed by atoms with van der Waals surface area (Å²) in [5.74, 6) is 1.77. The molecule has 3 nitrogen and oxygen atoms in total. The third-order valence-electron chi connectivity index (χ3n) is 4.71. The van der Waals surface area contributed by atoms with Gasteiger partial charge in [-0.2, -0.15) is 0 Å². The van der Waals surface area contributed by atoms with E-state index in [0.29, 0.717) is 12.1 Å². The lowest BCUT2D eigenvalue weighted by atomic mass is 9.92. The van der Waals surface area contributed by atoms with Crippen molar-refractivity contribution >= 4 is 0 Å². The molecule has 0 saturated carbocycles. The standard InChI is InChI=1S/C17H28N2O/c1-13-9-10-18-12-16(13)19(3)14(2)11-15-7-5-6-8-17(15)20-4/h5-8,13-14,16,18H,9-12H2,1-4H3. The average Bonchev–Trinajstić information content (AvgIpc) is 2.47. The number of likely N-dealkylation sites (N-methyl/N-ethyl adjacent to an activating group) is 1. The highest BCUT2D eigenvalue weighted by atomic mass is 16.5. The zero-order chi connectivity index (χ0) is 14.5. The van der Waals surface area contributed by atoms with Crippen LogP contribution in [0.4, 0.5) is 0 Å². The highest BCUT2D eigenvalue weighted by Gasteiger charge is 2.27. The molecule has 0 bridgehead atoms. The van der Waals surface area contributed by atoms with E-state index < -0.39 is 0 Å². The number of nitrogens with zero attached hydrogens (tertiary/aromatic N) is 1. The lowest BCUT2D eigenvalue weighted by Crippen LogP contribution is -2.52. The molecule has 3 unspecified atom stereocenters. The van der Waals surface area contributed by atoms with Crippen LogP contribution in [0.1, 0.15) is 25.8 Å². The molecule has 20 heavy (non-hydrogen) atoms. The zero-order valence-corrected chi connectivity index (χ0v) is 13.2. The fraction of sp³-hybridized carbons (Fsp3) is 0.647. The van der Waals surface area contributed by atoms with Gasteiger partial charge in [-0.15, -0.1) is 0 Å². The van der Waals surface area contributed by atoms with Crippen LogP contribution in [0.2, 0.25) is 0 Å². The third kappa shape index (κ3) is 3.53. The maximum atomic E-state index is 5.46. The summed E-state index contributed by atoms with van der Waals surface area (Å²) in [4.78, 5) is 2.53. The fourth-order valence-corrected chi connectivity index (χ4v) is 3.18. The zero-order valence-electron chi connectivity index (χ0n) is 13.2. The van der Waals surface area contributed by atoms with Crippen molar-refractivity contribution in [3.8, 4) is 5.75 Å². The molecule has 0 aliphatic carbocycles. The van der Waals surface area contributed by atoms with E-state index in [0.717, 1.165) is 31.2 Å². The van der Waals surface area contributed by atoms with Gasteiger partial charge in [-0.3, -0.25) is 4.90 Å². The molecule has 3 heteroatoms. The molecule has 1 fully saturated rings. The molecule has 1 aliphatic rings. The summed E-state index contributed by atoms with van der Waals surface area (Å²) in [6.45, 7) is 6.95. The number of methoxy groups -OCH3 is 1. The summed E-state index contributed by atoms with van der Waals surface area (Å²) >= 11 is 0. The molecule has 0 spiro atoms. The van der Waals surface area contributed by atoms with Crippen LogP contribution in [0.25, 0.3) is 0 Å². The predicted molar refractivity (Wildman–Crippen MR) is 84.4 cm³/mol. The molecule has 112 valence electrons. The van der Waals surface area contributed by atoms with Gasteiger partial charge in [-0.05, 0) is 50.9 Å². The molecule has 1 aromatic rings. The van der Waals surface area contributed by atoms with Gasteiger partial charge in [-0.1, -0.05) is 25.1 Å². The van der Waals surface area contributed by atoms with Gasteiger partial charge in [0.05, 0.1) is 7.11 Å². The Morgan fingerprint density at radius 2 is 2.15 bits per heavy atom. The van der Waals surface area contributed by atoms with Crippen LogP contribution >= 0.6 is 0 Å². The molecule has 0 aromatic heterocycles. The van der Waals surface area contributed by atoms with Crippen LogP contribution in [0.5, 0.6) is 5.75 Å². The molecule has 1 heterocycles. The largest absolute Gasteiger partial charge is 0.496 e. The van der Waals surface area contributed by atoms with Crippen LogP contribution in [-0.4, -0.2) is 44.2 Å². The maximum absolute atomic E-state index is 5.46. The van der Waals surface area contributed by atoms with E-state index >= 15 is 0 Å². The van der Waals surface area contributed by atoms with E-state index in [-0.39, 0.29) is 0 Å².